The van der Waals surface area contributed by atoms with E-state index in [1.54, 1.807) is 19.1 Å². The van der Waals surface area contributed by atoms with Crippen LogP contribution in [-0.4, -0.2) is 42.0 Å². The van der Waals surface area contributed by atoms with Crippen molar-refractivity contribution < 1.29 is 34.1 Å². The monoisotopic (exact) mass is 478 g/mol. The Kier molecular flexibility index (Phi) is 5.80. The van der Waals surface area contributed by atoms with Crippen LogP contribution in [0.2, 0.25) is 0 Å². The number of esters is 1. The fourth-order valence-corrected chi connectivity index (χ4v) is 4.90. The lowest BCUT2D eigenvalue weighted by Crippen LogP contribution is -2.32. The molecule has 4 N–H and O–H groups in total. The van der Waals surface area contributed by atoms with Crippen molar-refractivity contribution in [2.45, 2.75) is 26.7 Å². The van der Waals surface area contributed by atoms with Crippen LogP contribution in [0.1, 0.15) is 51.3 Å². The summed E-state index contributed by atoms with van der Waals surface area (Å²) in [5.74, 6) is -3.24. The number of carbonyl (C=O) groups is 3. The molecule has 0 saturated heterocycles. The number of ether oxygens (including phenoxy) is 2. The van der Waals surface area contributed by atoms with E-state index in [2.05, 4.69) is 6.58 Å². The topological polar surface area (TPSA) is 139 Å². The molecule has 0 fully saturated rings. The van der Waals surface area contributed by atoms with Gasteiger partial charge in [0.2, 0.25) is 0 Å². The van der Waals surface area contributed by atoms with Gasteiger partial charge in [0.25, 0.3) is 5.91 Å². The van der Waals surface area contributed by atoms with Crippen LogP contribution in [0.4, 0.5) is 5.69 Å². The van der Waals surface area contributed by atoms with E-state index < -0.39 is 29.3 Å². The largest absolute Gasteiger partial charge is 0.507 e. The number of anilines is 1. The predicted octanol–water partition coefficient (Wildman–Crippen LogP) is 3.06. The van der Waals surface area contributed by atoms with Gasteiger partial charge in [0.1, 0.15) is 28.6 Å². The highest BCUT2D eigenvalue weighted by molar-refractivity contribution is 6.18. The van der Waals surface area contributed by atoms with Gasteiger partial charge in [-0.2, -0.15) is 0 Å². The molecule has 2 aromatic carbocycles. The van der Waals surface area contributed by atoms with Crippen molar-refractivity contribution in [1.29, 1.82) is 0 Å². The highest BCUT2D eigenvalue weighted by atomic mass is 16.5. The molecule has 9 nitrogen and oxygen atoms in total. The molecule has 0 saturated carbocycles. The Morgan fingerprint density at radius 2 is 1.80 bits per heavy atom. The molecule has 1 atom stereocenters. The quantitative estimate of drug-likeness (QED) is 0.440. The Morgan fingerprint density at radius 1 is 1.11 bits per heavy atom. The second-order valence-electron chi connectivity index (χ2n) is 8.92. The number of benzene rings is 2. The summed E-state index contributed by atoms with van der Waals surface area (Å²) in [6.45, 7) is 6.42. The van der Waals surface area contributed by atoms with Gasteiger partial charge in [0.05, 0.1) is 16.9 Å². The molecule has 0 bridgehead atoms. The summed E-state index contributed by atoms with van der Waals surface area (Å²) in [6, 6.07) is 4.72. The van der Waals surface area contributed by atoms with Crippen molar-refractivity contribution >= 4 is 29.1 Å². The smallest absolute Gasteiger partial charge is 0.308 e. The van der Waals surface area contributed by atoms with Gasteiger partial charge in [-0.25, -0.2) is 0 Å². The number of phenols is 2. The predicted molar refractivity (Wildman–Crippen MR) is 128 cm³/mol. The van der Waals surface area contributed by atoms with Crippen LogP contribution in [0, 0.1) is 5.92 Å². The molecule has 9 heteroatoms. The molecule has 0 spiro atoms. The number of rotatable bonds is 5. The minimum absolute atomic E-state index is 0.0148. The zero-order chi connectivity index (χ0) is 25.8. The van der Waals surface area contributed by atoms with Gasteiger partial charge >= 0.3 is 5.97 Å². The molecule has 2 aliphatic carbocycles. The van der Waals surface area contributed by atoms with Crippen molar-refractivity contribution in [3.8, 4) is 17.2 Å². The van der Waals surface area contributed by atoms with Crippen LogP contribution in [-0.2, 0) is 22.4 Å². The molecule has 1 amide bonds. The van der Waals surface area contributed by atoms with Gasteiger partial charge in [-0.3, -0.25) is 14.4 Å². The van der Waals surface area contributed by atoms with Crippen LogP contribution in [0.3, 0.4) is 0 Å². The summed E-state index contributed by atoms with van der Waals surface area (Å²) in [7, 11) is 3.68. The fourth-order valence-electron chi connectivity index (χ4n) is 4.90. The third kappa shape index (κ3) is 3.88. The molecule has 35 heavy (non-hydrogen) atoms. The Bertz CT molecular complexity index is 1350. The van der Waals surface area contributed by atoms with Gasteiger partial charge in [-0.1, -0.05) is 6.58 Å². The second kappa shape index (κ2) is 8.50. The van der Waals surface area contributed by atoms with E-state index in [0.29, 0.717) is 17.5 Å². The van der Waals surface area contributed by atoms with Crippen molar-refractivity contribution in [2.24, 2.45) is 11.7 Å². The summed E-state index contributed by atoms with van der Waals surface area (Å²) in [4.78, 5) is 39.9. The van der Waals surface area contributed by atoms with E-state index >= 15 is 0 Å². The van der Waals surface area contributed by atoms with Crippen molar-refractivity contribution in [2.75, 3.05) is 19.0 Å². The molecule has 0 radical (unpaired) electrons. The fraction of sp³-hybridized carbons (Fsp3) is 0.269. The number of primary amides is 1. The molecule has 0 unspecified atom stereocenters. The average Bonchev–Trinajstić information content (AvgIpc) is 2.71. The van der Waals surface area contributed by atoms with E-state index in [1.807, 2.05) is 19.0 Å². The van der Waals surface area contributed by atoms with Crippen LogP contribution in [0.5, 0.6) is 17.2 Å². The normalized spacial score (nSPS) is 16.1. The zero-order valence-electron chi connectivity index (χ0n) is 19.9. The minimum atomic E-state index is -0.968. The van der Waals surface area contributed by atoms with Gasteiger partial charge in [-0.15, -0.1) is 0 Å². The highest BCUT2D eigenvalue weighted by Gasteiger charge is 2.43. The molecular weight excluding hydrogens is 452 g/mol. The first kappa shape index (κ1) is 23.9. The second-order valence-corrected chi connectivity index (χ2v) is 8.92. The molecule has 0 aliphatic heterocycles. The van der Waals surface area contributed by atoms with Crippen LogP contribution in [0.25, 0.3) is 5.76 Å². The maximum atomic E-state index is 13.8. The number of carbonyl (C=O) groups excluding carboxylic acids is 3. The Balaban J connectivity index is 2.04. The summed E-state index contributed by atoms with van der Waals surface area (Å²) in [5, 5.41) is 21.7. The number of phenolic OH excluding ortho intramolecular Hbond substituents is 1. The summed E-state index contributed by atoms with van der Waals surface area (Å²) in [5.41, 5.74) is 7.45. The first-order chi connectivity index (χ1) is 16.4. The number of allylic oxidation sites excluding steroid dienone is 2. The number of nitrogens with two attached hydrogens (primary N) is 1. The van der Waals surface area contributed by atoms with Gasteiger partial charge in [-0.05, 0) is 55.0 Å². The molecule has 4 rings (SSSR count). The summed E-state index contributed by atoms with van der Waals surface area (Å²) < 4.78 is 11.0. The van der Waals surface area contributed by atoms with E-state index in [4.69, 9.17) is 15.2 Å². The molecule has 0 heterocycles. The Labute approximate surface area is 202 Å². The van der Waals surface area contributed by atoms with Crippen LogP contribution >= 0.6 is 0 Å². The van der Waals surface area contributed by atoms with E-state index in [1.165, 1.54) is 13.0 Å². The third-order valence-corrected chi connectivity index (χ3v) is 6.14. The summed E-state index contributed by atoms with van der Waals surface area (Å²) in [6.07, 6.45) is 0.653. The number of fused-ring (bicyclic) bond motifs is 3. The van der Waals surface area contributed by atoms with Gasteiger partial charge < -0.3 is 30.3 Å². The summed E-state index contributed by atoms with van der Waals surface area (Å²) >= 11 is 0. The van der Waals surface area contributed by atoms with Gasteiger partial charge in [0, 0.05) is 32.3 Å². The van der Waals surface area contributed by atoms with Crippen LogP contribution in [0.15, 0.2) is 36.1 Å². The first-order valence-electron chi connectivity index (χ1n) is 10.9. The molecular formula is C26H26N2O7. The van der Waals surface area contributed by atoms with Crippen molar-refractivity contribution in [3.05, 3.63) is 63.9 Å². The third-order valence-electron chi connectivity index (χ3n) is 6.14. The number of hydrogen-bond donors (Lipinski definition) is 3. The zero-order valence-corrected chi connectivity index (χ0v) is 19.9. The maximum Gasteiger partial charge on any atom is 0.308 e. The standard InChI is InChI=1S/C26H26N2O7/c1-11(2)34-18-10-14-8-13-9-15-16(28(4)5)6-7-17(30)21(15)23(31)19(13)25(35-12(3)29)20(14)24(32)22(18)26(27)33/h6-7,10,13,30,32H,1,8-9H2,2-5H3,(H2,27,33)/t13-/m1/s1. The van der Waals surface area contributed by atoms with E-state index in [-0.39, 0.29) is 51.7 Å². The Morgan fingerprint density at radius 3 is 2.37 bits per heavy atom. The first-order valence-corrected chi connectivity index (χ1v) is 10.9. The number of nitrogens with zero attached hydrogens (tertiary/aromatic N) is 1. The lowest BCUT2D eigenvalue weighted by Gasteiger charge is -2.35. The maximum absolute atomic E-state index is 13.8. The van der Waals surface area contributed by atoms with Gasteiger partial charge in [0.15, 0.2) is 5.78 Å². The molecule has 182 valence electrons. The number of aromatic hydroxyl groups is 2. The highest BCUT2D eigenvalue weighted by Crippen LogP contribution is 2.50. The number of amides is 1. The SMILES string of the molecule is C=C(C)Oc1cc2c(c(O)c1C(N)=O)C(OC(C)=O)=C1C(=O)c3c(O)ccc(N(C)C)c3C[C@H]1C2. The number of hydrogen-bond acceptors (Lipinski definition) is 8. The van der Waals surface area contributed by atoms with E-state index in [9.17, 15) is 24.6 Å². The van der Waals surface area contributed by atoms with Crippen molar-refractivity contribution in [1.82, 2.24) is 0 Å². The van der Waals surface area contributed by atoms with Crippen LogP contribution < -0.4 is 15.4 Å². The average molecular weight is 479 g/mol. The molecule has 2 aliphatic rings. The molecule has 0 aromatic heterocycles. The minimum Gasteiger partial charge on any atom is -0.507 e. The Hall–Kier alpha value is -4.27. The van der Waals surface area contributed by atoms with Crippen molar-refractivity contribution in [3.63, 3.8) is 0 Å². The lowest BCUT2D eigenvalue weighted by molar-refractivity contribution is -0.134. The molecule has 2 aromatic rings. The van der Waals surface area contributed by atoms with E-state index in [0.717, 1.165) is 5.69 Å². The number of ketones is 1. The lowest BCUT2D eigenvalue weighted by atomic mass is 9.70. The number of Topliss-reactive ketones (excluding diaryl/α,β-unsaturated/α-hetero) is 1.